The van der Waals surface area contributed by atoms with Crippen LogP contribution in [0.2, 0.25) is 0 Å². The van der Waals surface area contributed by atoms with Gasteiger partial charge in [-0.25, -0.2) is 0 Å². The molecule has 21 heavy (non-hydrogen) atoms. The second kappa shape index (κ2) is 4.56. The van der Waals surface area contributed by atoms with Crippen molar-refractivity contribution in [2.75, 3.05) is 19.6 Å². The molecule has 2 aliphatic heterocycles. The number of fused-ring (bicyclic) bond motifs is 3. The Morgan fingerprint density at radius 3 is 2.81 bits per heavy atom. The van der Waals surface area contributed by atoms with Crippen molar-refractivity contribution in [2.45, 2.75) is 37.7 Å². The summed E-state index contributed by atoms with van der Waals surface area (Å²) >= 11 is 0. The minimum absolute atomic E-state index is 0.274. The molecule has 0 spiro atoms. The maximum Gasteiger partial charge on any atom is 0.0907 e. The number of benzene rings is 1. The van der Waals surface area contributed by atoms with E-state index >= 15 is 0 Å². The zero-order valence-electron chi connectivity index (χ0n) is 12.4. The van der Waals surface area contributed by atoms with Crippen molar-refractivity contribution in [2.24, 2.45) is 11.3 Å². The van der Waals surface area contributed by atoms with Crippen LogP contribution in [0.3, 0.4) is 0 Å². The van der Waals surface area contributed by atoms with Crippen molar-refractivity contribution < 1.29 is 5.11 Å². The minimum atomic E-state index is -0.803. The highest BCUT2D eigenvalue weighted by molar-refractivity contribution is 5.35. The van der Waals surface area contributed by atoms with Crippen LogP contribution in [0.25, 0.3) is 0 Å². The molecular weight excluding hydrogens is 260 g/mol. The molecule has 0 saturated carbocycles. The van der Waals surface area contributed by atoms with Crippen LogP contribution in [0, 0.1) is 22.7 Å². The van der Waals surface area contributed by atoms with Gasteiger partial charge in [-0.05, 0) is 49.8 Å². The molecule has 0 aromatic heterocycles. The van der Waals surface area contributed by atoms with Crippen LogP contribution >= 0.6 is 0 Å². The van der Waals surface area contributed by atoms with Crippen LogP contribution in [-0.2, 0) is 12.8 Å². The average Bonchev–Trinajstić information content (AvgIpc) is 2.95. The normalized spacial score (nSPS) is 41.3. The highest BCUT2D eigenvalue weighted by Crippen LogP contribution is 2.52. The Morgan fingerprint density at radius 1 is 1.19 bits per heavy atom. The van der Waals surface area contributed by atoms with Gasteiger partial charge in [0.2, 0.25) is 0 Å². The number of hydrogen-bond acceptors (Lipinski definition) is 3. The molecule has 4 unspecified atom stereocenters. The molecule has 3 heteroatoms. The number of rotatable bonds is 1. The summed E-state index contributed by atoms with van der Waals surface area (Å²) in [6, 6.07) is 11.0. The molecule has 4 atom stereocenters. The van der Waals surface area contributed by atoms with Gasteiger partial charge < -0.3 is 10.0 Å². The summed E-state index contributed by atoms with van der Waals surface area (Å²) < 4.78 is 0. The molecule has 0 radical (unpaired) electrons. The Morgan fingerprint density at radius 2 is 2.00 bits per heavy atom. The van der Waals surface area contributed by atoms with Crippen molar-refractivity contribution in [1.29, 1.82) is 5.26 Å². The molecule has 3 aliphatic rings. The van der Waals surface area contributed by atoms with Gasteiger partial charge in [0.05, 0.1) is 17.1 Å². The van der Waals surface area contributed by atoms with Gasteiger partial charge in [0.15, 0.2) is 0 Å². The largest absolute Gasteiger partial charge is 0.388 e. The fraction of sp³-hybridized carbons (Fsp3) is 0.611. The summed E-state index contributed by atoms with van der Waals surface area (Å²) in [5.74, 6) is 0.274. The van der Waals surface area contributed by atoms with Gasteiger partial charge in [0.25, 0.3) is 0 Å². The Bertz CT molecular complexity index is 607. The first-order chi connectivity index (χ1) is 10.2. The van der Waals surface area contributed by atoms with Crippen molar-refractivity contribution in [3.8, 4) is 6.07 Å². The Balaban J connectivity index is 1.73. The second-order valence-corrected chi connectivity index (χ2v) is 7.10. The fourth-order valence-electron chi connectivity index (χ4n) is 4.89. The molecule has 2 fully saturated rings. The number of aryl methyl sites for hydroxylation is 1. The topological polar surface area (TPSA) is 47.3 Å². The van der Waals surface area contributed by atoms with Crippen LogP contribution in [-0.4, -0.2) is 35.2 Å². The maximum atomic E-state index is 11.5. The number of piperidine rings is 1. The molecule has 1 aromatic rings. The predicted molar refractivity (Wildman–Crippen MR) is 80.6 cm³/mol. The quantitative estimate of drug-likeness (QED) is 0.858. The van der Waals surface area contributed by atoms with Gasteiger partial charge in [0, 0.05) is 19.0 Å². The summed E-state index contributed by atoms with van der Waals surface area (Å²) in [6.45, 7) is 3.00. The van der Waals surface area contributed by atoms with Gasteiger partial charge in [-0.15, -0.1) is 0 Å². The first kappa shape index (κ1) is 13.3. The summed E-state index contributed by atoms with van der Waals surface area (Å²) in [6.07, 6.45) is 4.23. The van der Waals surface area contributed by atoms with E-state index in [-0.39, 0.29) is 5.92 Å². The second-order valence-electron chi connectivity index (χ2n) is 7.10. The zero-order chi connectivity index (χ0) is 14.5. The van der Waals surface area contributed by atoms with E-state index < -0.39 is 11.0 Å². The highest BCUT2D eigenvalue weighted by Gasteiger charge is 2.58. The predicted octanol–water partition coefficient (Wildman–Crippen LogP) is 2.14. The van der Waals surface area contributed by atoms with E-state index in [0.29, 0.717) is 6.42 Å². The summed E-state index contributed by atoms with van der Waals surface area (Å²) in [5.41, 5.74) is 1.22. The molecule has 3 nitrogen and oxygen atoms in total. The van der Waals surface area contributed by atoms with Crippen molar-refractivity contribution in [3.63, 3.8) is 0 Å². The molecule has 0 amide bonds. The molecule has 1 aliphatic carbocycles. The van der Waals surface area contributed by atoms with Crippen molar-refractivity contribution in [3.05, 3.63) is 35.4 Å². The third kappa shape index (κ3) is 1.79. The van der Waals surface area contributed by atoms with Crippen LogP contribution in [0.1, 0.15) is 30.4 Å². The first-order valence-corrected chi connectivity index (χ1v) is 8.10. The third-order valence-electron chi connectivity index (χ3n) is 6.23. The van der Waals surface area contributed by atoms with Crippen LogP contribution in [0.15, 0.2) is 24.3 Å². The van der Waals surface area contributed by atoms with E-state index in [0.717, 1.165) is 45.3 Å². The lowest BCUT2D eigenvalue weighted by atomic mass is 9.57. The molecule has 2 saturated heterocycles. The molecule has 2 bridgehead atoms. The molecule has 1 N–H and O–H groups in total. The summed E-state index contributed by atoms with van der Waals surface area (Å²) in [7, 11) is 0. The molecule has 2 heterocycles. The standard InChI is InChI=1S/C18H22N2O/c19-13-17(7-5-14-3-1-2-4-15(14)11-17)18(21)8-10-20-9-6-16(18)12-20/h1-4,16,21H,5-12H2. The number of nitrogens with zero attached hydrogens (tertiary/aromatic N) is 2. The van der Waals surface area contributed by atoms with E-state index in [2.05, 4.69) is 35.2 Å². The fourth-order valence-corrected chi connectivity index (χ4v) is 4.89. The van der Waals surface area contributed by atoms with E-state index in [1.165, 1.54) is 11.1 Å². The lowest BCUT2D eigenvalue weighted by Gasteiger charge is -2.50. The lowest BCUT2D eigenvalue weighted by molar-refractivity contribution is -0.125. The molecule has 1 aromatic carbocycles. The maximum absolute atomic E-state index is 11.5. The van der Waals surface area contributed by atoms with E-state index in [1.54, 1.807) is 0 Å². The Labute approximate surface area is 126 Å². The Hall–Kier alpha value is -1.37. The number of nitriles is 1. The van der Waals surface area contributed by atoms with E-state index in [4.69, 9.17) is 0 Å². The van der Waals surface area contributed by atoms with Crippen LogP contribution in [0.5, 0.6) is 0 Å². The van der Waals surface area contributed by atoms with Gasteiger partial charge in [-0.1, -0.05) is 24.3 Å². The van der Waals surface area contributed by atoms with E-state index in [1.807, 2.05) is 0 Å². The van der Waals surface area contributed by atoms with Gasteiger partial charge in [-0.2, -0.15) is 5.26 Å². The first-order valence-electron chi connectivity index (χ1n) is 8.10. The smallest absolute Gasteiger partial charge is 0.0907 e. The molecule has 110 valence electrons. The van der Waals surface area contributed by atoms with Crippen LogP contribution in [0.4, 0.5) is 0 Å². The monoisotopic (exact) mass is 282 g/mol. The molecule has 4 rings (SSSR count). The minimum Gasteiger partial charge on any atom is -0.388 e. The zero-order valence-corrected chi connectivity index (χ0v) is 12.4. The van der Waals surface area contributed by atoms with Gasteiger partial charge in [-0.3, -0.25) is 0 Å². The summed E-state index contributed by atoms with van der Waals surface area (Å²) in [5, 5.41) is 21.5. The molecular formula is C18H22N2O. The van der Waals surface area contributed by atoms with Gasteiger partial charge >= 0.3 is 0 Å². The van der Waals surface area contributed by atoms with Gasteiger partial charge in [0.1, 0.15) is 0 Å². The lowest BCUT2D eigenvalue weighted by Crippen LogP contribution is -2.59. The van der Waals surface area contributed by atoms with Crippen LogP contribution < -0.4 is 0 Å². The van der Waals surface area contributed by atoms with Crippen molar-refractivity contribution >= 4 is 0 Å². The number of aliphatic hydroxyl groups is 1. The number of hydrogen-bond donors (Lipinski definition) is 1. The Kier molecular flexibility index (Phi) is 2.89. The van der Waals surface area contributed by atoms with Crippen molar-refractivity contribution in [1.82, 2.24) is 4.90 Å². The third-order valence-corrected chi connectivity index (χ3v) is 6.23. The highest BCUT2D eigenvalue weighted by atomic mass is 16.3. The SMILES string of the molecule is N#CC1(C2(O)CCN3CCC2C3)CCc2ccccc2C1. The average molecular weight is 282 g/mol. The summed E-state index contributed by atoms with van der Waals surface area (Å²) in [4.78, 5) is 2.43. The van der Waals surface area contributed by atoms with E-state index in [9.17, 15) is 10.4 Å².